The molecule has 0 amide bonds. The minimum atomic E-state index is -3.24. The van der Waals surface area contributed by atoms with Gasteiger partial charge in [-0.3, -0.25) is 0 Å². The highest BCUT2D eigenvalue weighted by Gasteiger charge is 2.09. The Labute approximate surface area is 180 Å². The molecule has 0 unspecified atom stereocenters. The molecule has 0 bridgehead atoms. The number of hydrogen-bond donors (Lipinski definition) is 1. The number of nitrogens with one attached hydrogen (secondary N) is 1. The van der Waals surface area contributed by atoms with Crippen molar-refractivity contribution in [2.75, 3.05) is 18.7 Å². The van der Waals surface area contributed by atoms with Crippen LogP contribution in [-0.4, -0.2) is 36.7 Å². The number of rotatable bonds is 6. The van der Waals surface area contributed by atoms with E-state index in [0.717, 1.165) is 22.4 Å². The van der Waals surface area contributed by atoms with Gasteiger partial charge in [0, 0.05) is 29.8 Å². The molecule has 8 heteroatoms. The Morgan fingerprint density at radius 2 is 1.48 bits per heavy atom. The smallest absolute Gasteiger partial charge is 0.228 e. The Morgan fingerprint density at radius 3 is 2.10 bits per heavy atom. The van der Waals surface area contributed by atoms with Crippen molar-refractivity contribution in [3.63, 3.8) is 0 Å². The number of methoxy groups -OCH3 is 1. The Morgan fingerprint density at radius 1 is 0.806 bits per heavy atom. The van der Waals surface area contributed by atoms with Crippen LogP contribution in [-0.2, 0) is 9.84 Å². The second-order valence-electron chi connectivity index (χ2n) is 6.85. The average molecular weight is 433 g/mol. The molecule has 0 aliphatic rings. The standard InChI is InChI=1S/C23H20N4O3S/c1-30-19-8-3-16(4-9-19)18-7-12-22(25-15-18)27-23-24-14-13-21(26-23)17-5-10-20(11-6-17)31(2,28)29/h3-15H,1-2H3,(H,24,25,26,27). The van der Waals surface area contributed by atoms with Gasteiger partial charge < -0.3 is 10.1 Å². The molecule has 0 fully saturated rings. The first-order valence-corrected chi connectivity index (χ1v) is 11.3. The molecule has 0 aliphatic carbocycles. The molecule has 156 valence electrons. The molecule has 0 saturated heterocycles. The van der Waals surface area contributed by atoms with E-state index in [2.05, 4.69) is 20.3 Å². The van der Waals surface area contributed by atoms with Crippen molar-refractivity contribution < 1.29 is 13.2 Å². The van der Waals surface area contributed by atoms with Gasteiger partial charge in [-0.1, -0.05) is 24.3 Å². The third kappa shape index (κ3) is 4.87. The molecule has 2 aromatic heterocycles. The summed E-state index contributed by atoms with van der Waals surface area (Å²) in [5.74, 6) is 1.81. The van der Waals surface area contributed by atoms with E-state index in [9.17, 15) is 8.42 Å². The van der Waals surface area contributed by atoms with E-state index in [-0.39, 0.29) is 4.90 Å². The Kier molecular flexibility index (Phi) is 5.64. The van der Waals surface area contributed by atoms with Gasteiger partial charge >= 0.3 is 0 Å². The minimum Gasteiger partial charge on any atom is -0.497 e. The topological polar surface area (TPSA) is 94.1 Å². The minimum absolute atomic E-state index is 0.268. The van der Waals surface area contributed by atoms with Gasteiger partial charge in [0.1, 0.15) is 11.6 Å². The number of sulfone groups is 1. The summed E-state index contributed by atoms with van der Waals surface area (Å²) >= 11 is 0. The fraction of sp³-hybridized carbons (Fsp3) is 0.0870. The second-order valence-corrected chi connectivity index (χ2v) is 8.86. The summed E-state index contributed by atoms with van der Waals surface area (Å²) < 4.78 is 28.5. The summed E-state index contributed by atoms with van der Waals surface area (Å²) in [6.07, 6.45) is 4.60. The van der Waals surface area contributed by atoms with Crippen LogP contribution in [0.1, 0.15) is 0 Å². The molecular formula is C23H20N4O3S. The van der Waals surface area contributed by atoms with Crippen molar-refractivity contribution in [2.45, 2.75) is 4.90 Å². The van der Waals surface area contributed by atoms with Gasteiger partial charge in [0.05, 0.1) is 17.7 Å². The molecule has 2 heterocycles. The maximum Gasteiger partial charge on any atom is 0.228 e. The van der Waals surface area contributed by atoms with E-state index < -0.39 is 9.84 Å². The monoisotopic (exact) mass is 432 g/mol. The first-order valence-electron chi connectivity index (χ1n) is 9.43. The number of pyridine rings is 1. The van der Waals surface area contributed by atoms with Gasteiger partial charge in [0.15, 0.2) is 9.84 Å². The molecule has 7 nitrogen and oxygen atoms in total. The number of hydrogen-bond acceptors (Lipinski definition) is 7. The Balaban J connectivity index is 1.51. The van der Waals surface area contributed by atoms with Crippen LogP contribution in [0, 0.1) is 0 Å². The highest BCUT2D eigenvalue weighted by Crippen LogP contribution is 2.24. The van der Waals surface area contributed by atoms with Crippen LogP contribution in [0.4, 0.5) is 11.8 Å². The second kappa shape index (κ2) is 8.53. The molecule has 31 heavy (non-hydrogen) atoms. The summed E-state index contributed by atoms with van der Waals surface area (Å²) in [5.41, 5.74) is 3.48. The van der Waals surface area contributed by atoms with Crippen molar-refractivity contribution in [3.8, 4) is 28.1 Å². The van der Waals surface area contributed by atoms with Crippen LogP contribution >= 0.6 is 0 Å². The third-order valence-corrected chi connectivity index (χ3v) is 5.79. The molecule has 1 N–H and O–H groups in total. The Hall–Kier alpha value is -3.78. The lowest BCUT2D eigenvalue weighted by Crippen LogP contribution is -2.00. The number of aromatic nitrogens is 3. The lowest BCUT2D eigenvalue weighted by molar-refractivity contribution is 0.415. The first kappa shape index (κ1) is 20.5. The van der Waals surface area contributed by atoms with Gasteiger partial charge in [-0.15, -0.1) is 0 Å². The highest BCUT2D eigenvalue weighted by molar-refractivity contribution is 7.90. The number of benzene rings is 2. The molecule has 0 spiro atoms. The zero-order valence-corrected chi connectivity index (χ0v) is 17.8. The lowest BCUT2D eigenvalue weighted by atomic mass is 10.1. The van der Waals surface area contributed by atoms with Crippen LogP contribution in [0.5, 0.6) is 5.75 Å². The molecule has 0 aliphatic heterocycles. The summed E-state index contributed by atoms with van der Waals surface area (Å²) in [6.45, 7) is 0. The van der Waals surface area contributed by atoms with Crippen LogP contribution in [0.2, 0.25) is 0 Å². The summed E-state index contributed by atoms with van der Waals surface area (Å²) in [4.78, 5) is 13.5. The van der Waals surface area contributed by atoms with Gasteiger partial charge in [0.25, 0.3) is 0 Å². The quantitative estimate of drug-likeness (QED) is 0.484. The summed E-state index contributed by atoms with van der Waals surface area (Å²) in [6, 6.07) is 19.9. The predicted octanol–water partition coefficient (Wildman–Crippen LogP) is 4.36. The van der Waals surface area contributed by atoms with E-state index in [0.29, 0.717) is 17.5 Å². The highest BCUT2D eigenvalue weighted by atomic mass is 32.2. The number of ether oxygens (including phenoxy) is 1. The van der Waals surface area contributed by atoms with Gasteiger partial charge in [-0.05, 0) is 48.0 Å². The lowest BCUT2D eigenvalue weighted by Gasteiger charge is -2.08. The molecule has 0 atom stereocenters. The maximum atomic E-state index is 11.6. The van der Waals surface area contributed by atoms with Crippen LogP contribution in [0.15, 0.2) is 84.0 Å². The molecule has 0 saturated carbocycles. The first-order chi connectivity index (χ1) is 14.9. The van der Waals surface area contributed by atoms with Crippen LogP contribution < -0.4 is 10.1 Å². The van der Waals surface area contributed by atoms with Crippen molar-refractivity contribution in [1.29, 1.82) is 0 Å². The summed E-state index contributed by atoms with van der Waals surface area (Å²) in [5, 5.41) is 3.10. The SMILES string of the molecule is COc1ccc(-c2ccc(Nc3nccc(-c4ccc(S(C)(=O)=O)cc4)n3)nc2)cc1. The van der Waals surface area contributed by atoms with E-state index in [1.165, 1.54) is 6.26 Å². The molecule has 4 aromatic rings. The molecule has 0 radical (unpaired) electrons. The average Bonchev–Trinajstić information content (AvgIpc) is 2.79. The number of nitrogens with zero attached hydrogens (tertiary/aromatic N) is 3. The van der Waals surface area contributed by atoms with E-state index in [4.69, 9.17) is 4.74 Å². The fourth-order valence-corrected chi connectivity index (χ4v) is 3.62. The van der Waals surface area contributed by atoms with Crippen molar-refractivity contribution in [1.82, 2.24) is 15.0 Å². The van der Waals surface area contributed by atoms with Gasteiger partial charge in [0.2, 0.25) is 5.95 Å². The third-order valence-electron chi connectivity index (χ3n) is 4.66. The Bertz CT molecular complexity index is 1290. The van der Waals surface area contributed by atoms with Crippen molar-refractivity contribution in [2.24, 2.45) is 0 Å². The maximum absolute atomic E-state index is 11.6. The normalized spacial score (nSPS) is 11.2. The predicted molar refractivity (Wildman–Crippen MR) is 120 cm³/mol. The largest absolute Gasteiger partial charge is 0.497 e. The van der Waals surface area contributed by atoms with E-state index in [1.54, 1.807) is 49.8 Å². The van der Waals surface area contributed by atoms with Gasteiger partial charge in [-0.25, -0.2) is 23.4 Å². The van der Waals surface area contributed by atoms with Crippen molar-refractivity contribution >= 4 is 21.6 Å². The fourth-order valence-electron chi connectivity index (χ4n) is 2.99. The molecular weight excluding hydrogens is 412 g/mol. The van der Waals surface area contributed by atoms with Crippen LogP contribution in [0.25, 0.3) is 22.4 Å². The van der Waals surface area contributed by atoms with Gasteiger partial charge in [-0.2, -0.15) is 0 Å². The van der Waals surface area contributed by atoms with E-state index in [1.807, 2.05) is 36.4 Å². The van der Waals surface area contributed by atoms with Crippen LogP contribution in [0.3, 0.4) is 0 Å². The summed E-state index contributed by atoms with van der Waals surface area (Å²) in [7, 11) is -1.60. The molecule has 4 rings (SSSR count). The zero-order valence-electron chi connectivity index (χ0n) is 17.0. The zero-order chi connectivity index (χ0) is 21.8. The van der Waals surface area contributed by atoms with Crippen molar-refractivity contribution in [3.05, 3.63) is 79.1 Å². The van der Waals surface area contributed by atoms with E-state index >= 15 is 0 Å². The molecule has 2 aromatic carbocycles. The number of anilines is 2.